The zero-order valence-corrected chi connectivity index (χ0v) is 9.03. The standard InChI is InChI=1S/C10H20N2O2/c1-3-12-6-4-8(5-7-12)9(11)10(13)14-2/h8-9H,3-7,11H2,1-2H3. The van der Waals surface area contributed by atoms with Crippen LogP contribution in [-0.2, 0) is 9.53 Å². The Hall–Kier alpha value is -0.610. The van der Waals surface area contributed by atoms with E-state index in [1.807, 2.05) is 0 Å². The van der Waals surface area contributed by atoms with Gasteiger partial charge in [-0.1, -0.05) is 6.92 Å². The Morgan fingerprint density at radius 3 is 2.57 bits per heavy atom. The average molecular weight is 200 g/mol. The zero-order valence-electron chi connectivity index (χ0n) is 9.03. The van der Waals surface area contributed by atoms with Crippen LogP contribution in [0.4, 0.5) is 0 Å². The first kappa shape index (κ1) is 11.5. The number of likely N-dealkylation sites (tertiary alicyclic amines) is 1. The first-order valence-corrected chi connectivity index (χ1v) is 5.24. The molecule has 1 aliphatic rings. The maximum absolute atomic E-state index is 11.2. The van der Waals surface area contributed by atoms with E-state index in [4.69, 9.17) is 5.73 Å². The molecule has 1 atom stereocenters. The summed E-state index contributed by atoms with van der Waals surface area (Å²) in [6, 6.07) is -0.431. The number of carbonyl (C=O) groups is 1. The van der Waals surface area contributed by atoms with Crippen LogP contribution >= 0.6 is 0 Å². The van der Waals surface area contributed by atoms with Crippen molar-refractivity contribution in [1.82, 2.24) is 4.90 Å². The van der Waals surface area contributed by atoms with Gasteiger partial charge in [0, 0.05) is 0 Å². The van der Waals surface area contributed by atoms with Crippen molar-refractivity contribution in [3.63, 3.8) is 0 Å². The molecule has 1 saturated heterocycles. The fraction of sp³-hybridized carbons (Fsp3) is 0.900. The minimum absolute atomic E-state index is 0.278. The number of carbonyl (C=O) groups excluding carboxylic acids is 1. The van der Waals surface area contributed by atoms with Gasteiger partial charge in [-0.2, -0.15) is 0 Å². The summed E-state index contributed by atoms with van der Waals surface area (Å²) in [6.45, 7) is 5.33. The third-order valence-electron chi connectivity index (χ3n) is 3.06. The summed E-state index contributed by atoms with van der Waals surface area (Å²) in [7, 11) is 1.39. The summed E-state index contributed by atoms with van der Waals surface area (Å²) >= 11 is 0. The second-order valence-electron chi connectivity index (χ2n) is 3.82. The van der Waals surface area contributed by atoms with Gasteiger partial charge in [0.15, 0.2) is 0 Å². The molecule has 0 aliphatic carbocycles. The van der Waals surface area contributed by atoms with Gasteiger partial charge < -0.3 is 15.4 Å². The van der Waals surface area contributed by atoms with Gasteiger partial charge in [-0.25, -0.2) is 0 Å². The van der Waals surface area contributed by atoms with Crippen LogP contribution in [0.15, 0.2) is 0 Å². The molecule has 0 aromatic heterocycles. The van der Waals surface area contributed by atoms with E-state index >= 15 is 0 Å². The quantitative estimate of drug-likeness (QED) is 0.662. The summed E-state index contributed by atoms with van der Waals surface area (Å²) in [4.78, 5) is 13.6. The van der Waals surface area contributed by atoms with Crippen LogP contribution in [0, 0.1) is 5.92 Å². The van der Waals surface area contributed by atoms with Gasteiger partial charge in [-0.15, -0.1) is 0 Å². The smallest absolute Gasteiger partial charge is 0.322 e. The molecule has 1 unspecified atom stereocenters. The van der Waals surface area contributed by atoms with Crippen LogP contribution in [-0.4, -0.2) is 43.7 Å². The molecule has 0 radical (unpaired) electrons. The second-order valence-corrected chi connectivity index (χ2v) is 3.82. The first-order chi connectivity index (χ1) is 6.69. The van der Waals surface area contributed by atoms with Crippen LogP contribution in [0.5, 0.6) is 0 Å². The minimum atomic E-state index is -0.431. The summed E-state index contributed by atoms with van der Waals surface area (Å²) in [5.41, 5.74) is 5.80. The summed E-state index contributed by atoms with van der Waals surface area (Å²) < 4.78 is 4.64. The molecule has 0 bridgehead atoms. The van der Waals surface area contributed by atoms with E-state index in [0.717, 1.165) is 32.5 Å². The van der Waals surface area contributed by atoms with Gasteiger partial charge in [0.2, 0.25) is 0 Å². The lowest BCUT2D eigenvalue weighted by atomic mass is 9.90. The molecule has 1 aliphatic heterocycles. The van der Waals surface area contributed by atoms with Crippen LogP contribution in [0.3, 0.4) is 0 Å². The highest BCUT2D eigenvalue weighted by Crippen LogP contribution is 2.19. The van der Waals surface area contributed by atoms with Crippen LogP contribution in [0.1, 0.15) is 19.8 Å². The molecule has 0 aromatic rings. The highest BCUT2D eigenvalue weighted by Gasteiger charge is 2.28. The van der Waals surface area contributed by atoms with E-state index in [9.17, 15) is 4.79 Å². The molecular formula is C10H20N2O2. The molecule has 82 valence electrons. The van der Waals surface area contributed by atoms with Crippen molar-refractivity contribution in [2.24, 2.45) is 11.7 Å². The SMILES string of the molecule is CCN1CCC(C(N)C(=O)OC)CC1. The van der Waals surface area contributed by atoms with Gasteiger partial charge in [0.1, 0.15) is 6.04 Å². The fourth-order valence-electron chi connectivity index (χ4n) is 1.96. The highest BCUT2D eigenvalue weighted by atomic mass is 16.5. The maximum atomic E-state index is 11.2. The summed E-state index contributed by atoms with van der Waals surface area (Å²) in [5.74, 6) is 0.0187. The van der Waals surface area contributed by atoms with Crippen molar-refractivity contribution in [1.29, 1.82) is 0 Å². The molecular weight excluding hydrogens is 180 g/mol. The van der Waals surface area contributed by atoms with E-state index in [1.165, 1.54) is 7.11 Å². The Morgan fingerprint density at radius 1 is 1.57 bits per heavy atom. The third-order valence-corrected chi connectivity index (χ3v) is 3.06. The number of nitrogens with zero attached hydrogens (tertiary/aromatic N) is 1. The van der Waals surface area contributed by atoms with Gasteiger partial charge >= 0.3 is 5.97 Å². The van der Waals surface area contributed by atoms with E-state index < -0.39 is 6.04 Å². The van der Waals surface area contributed by atoms with E-state index in [-0.39, 0.29) is 5.97 Å². The number of hydrogen-bond acceptors (Lipinski definition) is 4. The molecule has 0 saturated carbocycles. The molecule has 4 nitrogen and oxygen atoms in total. The summed E-state index contributed by atoms with van der Waals surface area (Å²) in [5, 5.41) is 0. The Balaban J connectivity index is 2.37. The minimum Gasteiger partial charge on any atom is -0.468 e. The van der Waals surface area contributed by atoms with Gasteiger partial charge in [-0.3, -0.25) is 4.79 Å². The molecule has 0 amide bonds. The molecule has 0 aromatic carbocycles. The van der Waals surface area contributed by atoms with Crippen molar-refractivity contribution in [3.8, 4) is 0 Å². The highest BCUT2D eigenvalue weighted by molar-refractivity contribution is 5.75. The van der Waals surface area contributed by atoms with Gasteiger partial charge in [0.25, 0.3) is 0 Å². The van der Waals surface area contributed by atoms with Crippen LogP contribution in [0.25, 0.3) is 0 Å². The molecule has 1 rings (SSSR count). The number of hydrogen-bond donors (Lipinski definition) is 1. The molecule has 1 fully saturated rings. The number of ether oxygens (including phenoxy) is 1. The number of piperidine rings is 1. The Kier molecular flexibility index (Phi) is 4.35. The van der Waals surface area contributed by atoms with Crippen molar-refractivity contribution >= 4 is 5.97 Å². The van der Waals surface area contributed by atoms with E-state index in [1.54, 1.807) is 0 Å². The predicted molar refractivity (Wildman–Crippen MR) is 54.8 cm³/mol. The lowest BCUT2D eigenvalue weighted by Crippen LogP contribution is -2.45. The number of esters is 1. The molecule has 14 heavy (non-hydrogen) atoms. The monoisotopic (exact) mass is 200 g/mol. The predicted octanol–water partition coefficient (Wildman–Crippen LogP) is 0.219. The molecule has 1 heterocycles. The van der Waals surface area contributed by atoms with E-state index in [0.29, 0.717) is 5.92 Å². The zero-order chi connectivity index (χ0) is 10.6. The Bertz CT molecular complexity index is 189. The first-order valence-electron chi connectivity index (χ1n) is 5.24. The average Bonchev–Trinajstić information content (AvgIpc) is 2.27. The fourth-order valence-corrected chi connectivity index (χ4v) is 1.96. The number of nitrogens with two attached hydrogens (primary N) is 1. The van der Waals surface area contributed by atoms with Gasteiger partial charge in [-0.05, 0) is 38.4 Å². The lowest BCUT2D eigenvalue weighted by Gasteiger charge is -2.32. The Labute approximate surface area is 85.4 Å². The normalized spacial score (nSPS) is 21.9. The third kappa shape index (κ3) is 2.69. The molecule has 0 spiro atoms. The van der Waals surface area contributed by atoms with Crippen molar-refractivity contribution in [3.05, 3.63) is 0 Å². The van der Waals surface area contributed by atoms with Gasteiger partial charge in [0.05, 0.1) is 7.11 Å². The maximum Gasteiger partial charge on any atom is 0.322 e. The van der Waals surface area contributed by atoms with Crippen LogP contribution in [0.2, 0.25) is 0 Å². The number of rotatable bonds is 3. The van der Waals surface area contributed by atoms with Crippen molar-refractivity contribution < 1.29 is 9.53 Å². The second kappa shape index (κ2) is 5.32. The molecule has 2 N–H and O–H groups in total. The largest absolute Gasteiger partial charge is 0.468 e. The topological polar surface area (TPSA) is 55.6 Å². The molecule has 4 heteroatoms. The Morgan fingerprint density at radius 2 is 2.14 bits per heavy atom. The van der Waals surface area contributed by atoms with Crippen molar-refractivity contribution in [2.45, 2.75) is 25.8 Å². The van der Waals surface area contributed by atoms with Crippen molar-refractivity contribution in [2.75, 3.05) is 26.7 Å². The van der Waals surface area contributed by atoms with E-state index in [2.05, 4.69) is 16.6 Å². The number of methoxy groups -OCH3 is 1. The summed E-state index contributed by atoms with van der Waals surface area (Å²) in [6.07, 6.45) is 2.01. The van der Waals surface area contributed by atoms with Crippen LogP contribution < -0.4 is 5.73 Å². The lowest BCUT2D eigenvalue weighted by molar-refractivity contribution is -0.144.